The van der Waals surface area contributed by atoms with Crippen LogP contribution in [0.2, 0.25) is 0 Å². The van der Waals surface area contributed by atoms with Crippen LogP contribution in [0, 0.1) is 22.7 Å². The Labute approximate surface area is 416 Å². The molecular weight excluding hydrogens is 885 g/mol. The number of carbonyl (C=O) groups is 6. The van der Waals surface area contributed by atoms with E-state index in [0.29, 0.717) is 26.2 Å². The summed E-state index contributed by atoms with van der Waals surface area (Å²) < 4.78 is 0. The molecule has 6 N–H and O–H groups in total. The molecule has 382 valence electrons. The smallest absolute Gasteiger partial charge is 0.246 e. The molecule has 2 saturated heterocycles. The van der Waals surface area contributed by atoms with Gasteiger partial charge in [0.15, 0.2) is 0 Å². The van der Waals surface area contributed by atoms with Crippen molar-refractivity contribution in [1.82, 2.24) is 51.5 Å². The largest absolute Gasteiger partial charge is 0.347 e. The number of carbonyl (C=O) groups excluding carboxylic acids is 6. The lowest BCUT2D eigenvalue weighted by atomic mass is 9.85. The van der Waals surface area contributed by atoms with Crippen molar-refractivity contribution in [2.45, 2.75) is 142 Å². The molecule has 16 heteroatoms. The summed E-state index contributed by atoms with van der Waals surface area (Å²) in [5.74, 6) is 4.98. The zero-order valence-electron chi connectivity index (χ0n) is 43.4. The maximum atomic E-state index is 14.6. The number of rotatable bonds is 14. The minimum absolute atomic E-state index is 0.181. The van der Waals surface area contributed by atoms with Crippen LogP contribution >= 0.6 is 0 Å². The Kier molecular flexibility index (Phi) is 18.3. The summed E-state index contributed by atoms with van der Waals surface area (Å²) in [6.45, 7) is 17.6. The molecule has 0 unspecified atom stereocenters. The molecule has 70 heavy (non-hydrogen) atoms. The molecule has 2 aromatic rings. The van der Waals surface area contributed by atoms with Gasteiger partial charge in [-0.05, 0) is 99.6 Å². The van der Waals surface area contributed by atoms with Gasteiger partial charge >= 0.3 is 0 Å². The summed E-state index contributed by atoms with van der Waals surface area (Å²) in [5, 5.41) is 18.5. The van der Waals surface area contributed by atoms with Gasteiger partial charge in [0.05, 0.1) is 37.3 Å². The molecule has 2 aliphatic heterocycles. The Balaban J connectivity index is 1.19. The van der Waals surface area contributed by atoms with E-state index in [4.69, 9.17) is 0 Å². The summed E-state index contributed by atoms with van der Waals surface area (Å²) >= 11 is 0. The zero-order chi connectivity index (χ0) is 50.9. The fraction of sp³-hybridized carbons (Fsp3) is 0.630. The minimum atomic E-state index is -0.867. The van der Waals surface area contributed by atoms with Gasteiger partial charge in [-0.1, -0.05) is 102 Å². The van der Waals surface area contributed by atoms with E-state index in [0.717, 1.165) is 49.7 Å². The second-order valence-electron chi connectivity index (χ2n) is 21.9. The lowest BCUT2D eigenvalue weighted by Crippen LogP contribution is -2.66. The number of likely N-dealkylation sites (N-methyl/N-ethyl adjacent to an activating group) is 2. The molecule has 2 heterocycles. The van der Waals surface area contributed by atoms with Crippen LogP contribution in [-0.2, 0) is 41.6 Å². The van der Waals surface area contributed by atoms with Gasteiger partial charge in [0.1, 0.15) is 24.2 Å². The molecule has 0 saturated carbocycles. The third kappa shape index (κ3) is 13.3. The van der Waals surface area contributed by atoms with E-state index in [1.54, 1.807) is 37.7 Å². The fourth-order valence-corrected chi connectivity index (χ4v) is 10.0. The number of nitrogens with zero attached hydrogens (tertiary/aromatic N) is 4. The first kappa shape index (κ1) is 54.0. The summed E-state index contributed by atoms with van der Waals surface area (Å²) in [4.78, 5) is 92.0. The third-order valence-corrected chi connectivity index (χ3v) is 14.7. The normalized spacial score (nSPS) is 22.7. The third-order valence-electron chi connectivity index (χ3n) is 14.7. The van der Waals surface area contributed by atoms with Crippen LogP contribution in [0.3, 0.4) is 0 Å². The van der Waals surface area contributed by atoms with Crippen LogP contribution < -0.4 is 31.9 Å². The predicted octanol–water partition coefficient (Wildman–Crippen LogP) is 2.68. The van der Waals surface area contributed by atoms with Crippen LogP contribution in [0.25, 0.3) is 0 Å². The van der Waals surface area contributed by atoms with Crippen LogP contribution in [0.1, 0.15) is 115 Å². The minimum Gasteiger partial charge on any atom is -0.347 e. The van der Waals surface area contributed by atoms with E-state index in [-0.39, 0.29) is 73.7 Å². The Hall–Kier alpha value is -5.34. The highest BCUT2D eigenvalue weighted by atomic mass is 16.2. The molecule has 2 aromatic carbocycles. The van der Waals surface area contributed by atoms with Gasteiger partial charge in [-0.15, -0.1) is 0 Å². The van der Waals surface area contributed by atoms with Crippen molar-refractivity contribution in [3.63, 3.8) is 0 Å². The van der Waals surface area contributed by atoms with E-state index in [1.165, 1.54) is 11.1 Å². The first-order valence-corrected chi connectivity index (χ1v) is 25.4. The average molecular weight is 965 g/mol. The van der Waals surface area contributed by atoms with Crippen molar-refractivity contribution < 1.29 is 28.8 Å². The van der Waals surface area contributed by atoms with Crippen molar-refractivity contribution >= 4 is 35.4 Å². The van der Waals surface area contributed by atoms with Gasteiger partial charge in [0.2, 0.25) is 35.4 Å². The Bertz CT molecular complexity index is 2110. The fourth-order valence-electron chi connectivity index (χ4n) is 10.0. The number of piperazine rings is 2. The van der Waals surface area contributed by atoms with Crippen LogP contribution in [0.15, 0.2) is 48.5 Å². The molecule has 4 aliphatic rings. The van der Waals surface area contributed by atoms with Gasteiger partial charge in [-0.2, -0.15) is 0 Å². The van der Waals surface area contributed by atoms with Crippen LogP contribution in [-0.4, -0.2) is 158 Å². The molecule has 0 aromatic heterocycles. The molecule has 8 atom stereocenters. The quantitative estimate of drug-likeness (QED) is 0.154. The summed E-state index contributed by atoms with van der Waals surface area (Å²) in [6, 6.07) is 11.6. The summed E-state index contributed by atoms with van der Waals surface area (Å²) in [7, 11) is 3.39. The van der Waals surface area contributed by atoms with E-state index < -0.39 is 47.1 Å². The SMILES string of the molecule is CN[C@@H](C)C(=O)N[C@H](C(=O)N1CCN(CC#CCN2CCN(C(=O)[C@@H](NC(=O)[C@H](C)NC)C(C)(C)C)[C@H](C(=O)N[C@@H]3CCCc4ccccc43)C2)C[C@H]1C(=O)N[C@@H]1CCCc2ccccc21)C(C)(C)C. The lowest BCUT2D eigenvalue weighted by molar-refractivity contribution is -0.149. The van der Waals surface area contributed by atoms with Gasteiger partial charge in [-0.25, -0.2) is 0 Å². The molecule has 6 amide bonds. The van der Waals surface area contributed by atoms with Crippen molar-refractivity contribution in [3.05, 3.63) is 70.8 Å². The number of hydrogen-bond acceptors (Lipinski definition) is 10. The average Bonchev–Trinajstić information content (AvgIpc) is 3.34. The second kappa shape index (κ2) is 23.7. The lowest BCUT2D eigenvalue weighted by Gasteiger charge is -2.44. The van der Waals surface area contributed by atoms with Crippen molar-refractivity contribution in [2.24, 2.45) is 10.8 Å². The standard InChI is InChI=1S/C54H80N10O6/c1-35(55-9)47(65)59-45(53(3,4)5)51(69)63-31-29-61(33-43(63)49(67)57-41-25-17-21-37-19-11-13-23-39(37)41)27-15-16-28-62-30-32-64(52(70)46(54(6,7)8)60-48(66)36(2)56-10)44(34-62)50(68)58-42-26-18-22-38-20-12-14-24-40(38)42/h11-14,19-20,23-24,35-36,41-46,55-56H,17-18,21-22,25-34H2,1-10H3,(H,57,67)(H,58,68)(H,59,65)(H,60,66)/t35-,36-,41+,42+,43-,44-,45+,46+/m0/s1. The van der Waals surface area contributed by atoms with Gasteiger partial charge in [-0.3, -0.25) is 38.6 Å². The summed E-state index contributed by atoms with van der Waals surface area (Å²) in [6.07, 6.45) is 5.37. The first-order chi connectivity index (χ1) is 33.2. The molecule has 0 spiro atoms. The van der Waals surface area contributed by atoms with Crippen molar-refractivity contribution in [3.8, 4) is 11.8 Å². The molecule has 6 rings (SSSR count). The number of fused-ring (bicyclic) bond motifs is 2. The van der Waals surface area contributed by atoms with Gasteiger partial charge < -0.3 is 41.7 Å². The first-order valence-electron chi connectivity index (χ1n) is 25.4. The zero-order valence-corrected chi connectivity index (χ0v) is 43.4. The molecule has 2 aliphatic carbocycles. The molecular formula is C54H80N10O6. The highest BCUT2D eigenvalue weighted by Gasteiger charge is 2.45. The highest BCUT2D eigenvalue weighted by Crippen LogP contribution is 2.32. The van der Waals surface area contributed by atoms with Crippen molar-refractivity contribution in [2.75, 3.05) is 66.5 Å². The molecule has 2 fully saturated rings. The van der Waals surface area contributed by atoms with Gasteiger partial charge in [0, 0.05) is 39.3 Å². The van der Waals surface area contributed by atoms with Crippen molar-refractivity contribution in [1.29, 1.82) is 0 Å². The number of benzene rings is 2. The Morgan fingerprint density at radius 3 is 1.31 bits per heavy atom. The Morgan fingerprint density at radius 1 is 0.586 bits per heavy atom. The number of aryl methyl sites for hydroxylation is 2. The maximum Gasteiger partial charge on any atom is 0.246 e. The van der Waals surface area contributed by atoms with E-state index >= 15 is 0 Å². The molecule has 0 radical (unpaired) electrons. The number of amides is 6. The molecule has 0 bridgehead atoms. The monoisotopic (exact) mass is 965 g/mol. The van der Waals surface area contributed by atoms with E-state index in [1.807, 2.05) is 65.8 Å². The number of hydrogen-bond donors (Lipinski definition) is 6. The highest BCUT2D eigenvalue weighted by molar-refractivity contribution is 5.95. The second-order valence-corrected chi connectivity index (χ2v) is 21.9. The maximum absolute atomic E-state index is 14.6. The van der Waals surface area contributed by atoms with Crippen LogP contribution in [0.5, 0.6) is 0 Å². The Morgan fingerprint density at radius 2 is 0.957 bits per heavy atom. The van der Waals surface area contributed by atoms with E-state index in [2.05, 4.69) is 77.8 Å². The van der Waals surface area contributed by atoms with E-state index in [9.17, 15) is 28.8 Å². The summed E-state index contributed by atoms with van der Waals surface area (Å²) in [5.41, 5.74) is 3.36. The topological polar surface area (TPSA) is 188 Å². The number of nitrogens with one attached hydrogen (secondary N) is 6. The predicted molar refractivity (Wildman–Crippen MR) is 272 cm³/mol. The van der Waals surface area contributed by atoms with Gasteiger partial charge in [0.25, 0.3) is 0 Å². The van der Waals surface area contributed by atoms with Crippen LogP contribution in [0.4, 0.5) is 0 Å². The molecule has 16 nitrogen and oxygen atoms in total.